The standard InChI is InChI=1S/C9H11NOS/c1-3-5-11-10-7-9-4-6-12-8(9)2/h3-4,6-7H,1,5H2,2H3/b10-7-. The quantitative estimate of drug-likeness (QED) is 0.303. The molecular weight excluding hydrogens is 170 g/mol. The van der Waals surface area contributed by atoms with Crippen LogP contribution in [-0.4, -0.2) is 12.8 Å². The summed E-state index contributed by atoms with van der Waals surface area (Å²) in [6.45, 7) is 6.03. The Hall–Kier alpha value is -1.09. The number of nitrogens with zero attached hydrogens (tertiary/aromatic N) is 1. The van der Waals surface area contributed by atoms with Gasteiger partial charge in [-0.1, -0.05) is 17.8 Å². The summed E-state index contributed by atoms with van der Waals surface area (Å²) in [7, 11) is 0. The smallest absolute Gasteiger partial charge is 0.135 e. The van der Waals surface area contributed by atoms with Gasteiger partial charge in [0.2, 0.25) is 0 Å². The van der Waals surface area contributed by atoms with Crippen LogP contribution < -0.4 is 0 Å². The van der Waals surface area contributed by atoms with E-state index in [0.717, 1.165) is 5.56 Å². The molecule has 0 fully saturated rings. The molecule has 64 valence electrons. The van der Waals surface area contributed by atoms with Gasteiger partial charge in [-0.25, -0.2) is 0 Å². The maximum Gasteiger partial charge on any atom is 0.135 e. The molecule has 1 heterocycles. The molecule has 0 radical (unpaired) electrons. The van der Waals surface area contributed by atoms with Crippen LogP contribution in [0.1, 0.15) is 10.4 Å². The van der Waals surface area contributed by atoms with E-state index in [2.05, 4.69) is 18.7 Å². The Kier molecular flexibility index (Phi) is 3.54. The molecule has 0 aliphatic rings. The normalized spacial score (nSPS) is 10.4. The molecule has 0 saturated carbocycles. The second-order valence-electron chi connectivity index (χ2n) is 2.25. The second kappa shape index (κ2) is 4.72. The van der Waals surface area contributed by atoms with Crippen LogP contribution in [0.5, 0.6) is 0 Å². The van der Waals surface area contributed by atoms with E-state index < -0.39 is 0 Å². The second-order valence-corrected chi connectivity index (χ2v) is 3.37. The minimum absolute atomic E-state index is 0.458. The van der Waals surface area contributed by atoms with Gasteiger partial charge in [0.1, 0.15) is 6.61 Å². The van der Waals surface area contributed by atoms with Crippen LogP contribution in [-0.2, 0) is 4.84 Å². The monoisotopic (exact) mass is 181 g/mol. The maximum atomic E-state index is 4.87. The summed E-state index contributed by atoms with van der Waals surface area (Å²) in [6.07, 6.45) is 3.38. The van der Waals surface area contributed by atoms with Gasteiger partial charge in [-0.15, -0.1) is 11.3 Å². The van der Waals surface area contributed by atoms with Crippen LogP contribution in [0.15, 0.2) is 29.3 Å². The van der Waals surface area contributed by atoms with Gasteiger partial charge in [-0.2, -0.15) is 0 Å². The number of thiophene rings is 1. The van der Waals surface area contributed by atoms with Crippen LogP contribution in [0, 0.1) is 6.92 Å². The van der Waals surface area contributed by atoms with Gasteiger partial charge in [0.25, 0.3) is 0 Å². The van der Waals surface area contributed by atoms with Gasteiger partial charge in [0, 0.05) is 10.4 Å². The van der Waals surface area contributed by atoms with Crippen molar-refractivity contribution in [2.75, 3.05) is 6.61 Å². The van der Waals surface area contributed by atoms with Crippen LogP contribution in [0.2, 0.25) is 0 Å². The van der Waals surface area contributed by atoms with Gasteiger partial charge >= 0.3 is 0 Å². The van der Waals surface area contributed by atoms with Crippen molar-refractivity contribution in [1.29, 1.82) is 0 Å². The van der Waals surface area contributed by atoms with Crippen LogP contribution in [0.25, 0.3) is 0 Å². The summed E-state index contributed by atoms with van der Waals surface area (Å²) in [5.41, 5.74) is 1.11. The van der Waals surface area contributed by atoms with Crippen LogP contribution >= 0.6 is 11.3 Å². The van der Waals surface area contributed by atoms with Crippen molar-refractivity contribution >= 4 is 17.6 Å². The summed E-state index contributed by atoms with van der Waals surface area (Å²) in [4.78, 5) is 6.12. The topological polar surface area (TPSA) is 21.6 Å². The Morgan fingerprint density at radius 3 is 3.17 bits per heavy atom. The first-order valence-electron chi connectivity index (χ1n) is 3.65. The molecular formula is C9H11NOS. The Morgan fingerprint density at radius 1 is 1.75 bits per heavy atom. The first-order chi connectivity index (χ1) is 5.84. The van der Waals surface area contributed by atoms with Crippen molar-refractivity contribution < 1.29 is 4.84 Å². The number of rotatable bonds is 4. The van der Waals surface area contributed by atoms with Gasteiger partial charge < -0.3 is 4.84 Å². The predicted octanol–water partition coefficient (Wildman–Crippen LogP) is 2.59. The Bertz CT molecular complexity index is 278. The highest BCUT2D eigenvalue weighted by Crippen LogP contribution is 2.12. The summed E-state index contributed by atoms with van der Waals surface area (Å²) >= 11 is 1.70. The zero-order valence-corrected chi connectivity index (χ0v) is 7.80. The van der Waals surface area contributed by atoms with Gasteiger partial charge in [-0.3, -0.25) is 0 Å². The molecule has 0 aliphatic carbocycles. The largest absolute Gasteiger partial charge is 0.392 e. The molecule has 0 amide bonds. The fourth-order valence-electron chi connectivity index (χ4n) is 0.719. The lowest BCUT2D eigenvalue weighted by Gasteiger charge is -1.91. The van der Waals surface area contributed by atoms with E-state index >= 15 is 0 Å². The van der Waals surface area contributed by atoms with E-state index in [0.29, 0.717) is 6.61 Å². The summed E-state index contributed by atoms with van der Waals surface area (Å²) in [5.74, 6) is 0. The van der Waals surface area contributed by atoms with E-state index in [1.807, 2.05) is 11.4 Å². The minimum Gasteiger partial charge on any atom is -0.392 e. The summed E-state index contributed by atoms with van der Waals surface area (Å²) < 4.78 is 0. The van der Waals surface area contributed by atoms with Crippen molar-refractivity contribution in [2.45, 2.75) is 6.92 Å². The fourth-order valence-corrected chi connectivity index (χ4v) is 1.39. The molecule has 1 aromatic rings. The zero-order chi connectivity index (χ0) is 8.81. The lowest BCUT2D eigenvalue weighted by Crippen LogP contribution is -1.84. The molecule has 0 bridgehead atoms. The van der Waals surface area contributed by atoms with E-state index in [-0.39, 0.29) is 0 Å². The number of hydrogen-bond acceptors (Lipinski definition) is 3. The third-order valence-corrected chi connectivity index (χ3v) is 2.22. The fraction of sp³-hybridized carbons (Fsp3) is 0.222. The van der Waals surface area contributed by atoms with Crippen molar-refractivity contribution in [3.05, 3.63) is 34.5 Å². The van der Waals surface area contributed by atoms with Crippen LogP contribution in [0.4, 0.5) is 0 Å². The molecule has 1 aromatic heterocycles. The average Bonchev–Trinajstić information content (AvgIpc) is 2.46. The van der Waals surface area contributed by atoms with Gasteiger partial charge in [0.05, 0.1) is 6.21 Å². The molecule has 0 N–H and O–H groups in total. The molecule has 0 spiro atoms. The van der Waals surface area contributed by atoms with Crippen molar-refractivity contribution in [1.82, 2.24) is 0 Å². The predicted molar refractivity (Wildman–Crippen MR) is 52.8 cm³/mol. The first kappa shape index (κ1) is 9.00. The van der Waals surface area contributed by atoms with Gasteiger partial charge in [-0.05, 0) is 18.4 Å². The summed E-state index contributed by atoms with van der Waals surface area (Å²) in [5, 5.41) is 5.81. The lowest BCUT2D eigenvalue weighted by atomic mass is 10.3. The zero-order valence-electron chi connectivity index (χ0n) is 6.99. The Labute approximate surface area is 76.2 Å². The molecule has 0 atom stereocenters. The molecule has 12 heavy (non-hydrogen) atoms. The van der Waals surface area contributed by atoms with E-state index in [9.17, 15) is 0 Å². The number of aryl methyl sites for hydroxylation is 1. The Morgan fingerprint density at radius 2 is 2.58 bits per heavy atom. The molecule has 0 unspecified atom stereocenters. The van der Waals surface area contributed by atoms with Crippen molar-refractivity contribution in [3.63, 3.8) is 0 Å². The lowest BCUT2D eigenvalue weighted by molar-refractivity contribution is 0.176. The first-order valence-corrected chi connectivity index (χ1v) is 4.53. The van der Waals surface area contributed by atoms with E-state index in [1.54, 1.807) is 23.6 Å². The third kappa shape index (κ3) is 2.51. The Balaban J connectivity index is 2.46. The summed E-state index contributed by atoms with van der Waals surface area (Å²) in [6, 6.07) is 2.01. The minimum atomic E-state index is 0.458. The molecule has 0 aliphatic heterocycles. The molecule has 0 aromatic carbocycles. The van der Waals surface area contributed by atoms with E-state index in [4.69, 9.17) is 4.84 Å². The molecule has 0 saturated heterocycles. The highest BCUT2D eigenvalue weighted by Gasteiger charge is 1.93. The van der Waals surface area contributed by atoms with E-state index in [1.165, 1.54) is 4.88 Å². The third-order valence-electron chi connectivity index (χ3n) is 1.36. The highest BCUT2D eigenvalue weighted by atomic mass is 32.1. The van der Waals surface area contributed by atoms with Gasteiger partial charge in [0.15, 0.2) is 0 Å². The van der Waals surface area contributed by atoms with Crippen molar-refractivity contribution in [2.24, 2.45) is 5.16 Å². The van der Waals surface area contributed by atoms with Crippen molar-refractivity contribution in [3.8, 4) is 0 Å². The number of hydrogen-bond donors (Lipinski definition) is 0. The molecule has 2 nitrogen and oxygen atoms in total. The number of oxime groups is 1. The molecule has 3 heteroatoms. The average molecular weight is 181 g/mol. The van der Waals surface area contributed by atoms with Crippen LogP contribution in [0.3, 0.4) is 0 Å². The molecule has 1 rings (SSSR count). The SMILES string of the molecule is C=CCO/N=C\c1ccsc1C. The maximum absolute atomic E-state index is 4.87. The highest BCUT2D eigenvalue weighted by molar-refractivity contribution is 7.10.